The number of rotatable bonds is 11. The number of benzene rings is 1. The summed E-state index contributed by atoms with van der Waals surface area (Å²) in [6, 6.07) is 5.86. The van der Waals surface area contributed by atoms with Gasteiger partial charge in [-0.25, -0.2) is 4.98 Å². The van der Waals surface area contributed by atoms with Crippen LogP contribution in [0.3, 0.4) is 0 Å². The van der Waals surface area contributed by atoms with Crippen molar-refractivity contribution in [2.24, 2.45) is 5.92 Å². The quantitative estimate of drug-likeness (QED) is 0.414. The Labute approximate surface area is 251 Å². The third-order valence-corrected chi connectivity index (χ3v) is 9.13. The van der Waals surface area contributed by atoms with Crippen molar-refractivity contribution in [1.29, 1.82) is 0 Å². The number of hydrogen-bond acceptors (Lipinski definition) is 10. The van der Waals surface area contributed by atoms with Gasteiger partial charge in [0.2, 0.25) is 5.91 Å². The summed E-state index contributed by atoms with van der Waals surface area (Å²) in [6.07, 6.45) is -0.387. The molecule has 0 bridgehead atoms. The van der Waals surface area contributed by atoms with Crippen LogP contribution in [0, 0.1) is 5.92 Å². The fraction of sp³-hybridized carbons (Fsp3) is 0.600. The summed E-state index contributed by atoms with van der Waals surface area (Å²) in [6.45, 7) is 9.75. The predicted molar refractivity (Wildman–Crippen MR) is 160 cm³/mol. The molecule has 12 heteroatoms. The number of likely N-dealkylation sites (tertiary alicyclic amines) is 1. The van der Waals surface area contributed by atoms with Gasteiger partial charge >= 0.3 is 0 Å². The van der Waals surface area contributed by atoms with Gasteiger partial charge in [0.15, 0.2) is 10.9 Å². The topological polar surface area (TPSA) is 114 Å². The number of piperazine rings is 1. The average Bonchev–Trinajstić information content (AvgIpc) is 3.73. The van der Waals surface area contributed by atoms with E-state index in [9.17, 15) is 14.4 Å². The van der Waals surface area contributed by atoms with E-state index in [1.807, 2.05) is 31.4 Å². The maximum Gasteiger partial charge on any atom is 0.251 e. The summed E-state index contributed by atoms with van der Waals surface area (Å²) in [5.74, 6) is -0.593. The lowest BCUT2D eigenvalue weighted by atomic mass is 10.0. The molecular formula is C30H41N5O6S. The SMILES string of the molecule is COCCN1CCN(c2nc(-c3ccc(C(=O)NC(CC(C)C)C(=O)N4C[C@H](OC)[C@H]5OCC(=O)[C@H]54)cc3)cs2)CC1. The molecule has 3 aliphatic heterocycles. The molecule has 2 amide bonds. The molecule has 1 aromatic heterocycles. The number of carbonyl (C=O) groups is 3. The molecule has 0 radical (unpaired) electrons. The summed E-state index contributed by atoms with van der Waals surface area (Å²) < 4.78 is 16.3. The van der Waals surface area contributed by atoms with E-state index in [1.54, 1.807) is 37.7 Å². The van der Waals surface area contributed by atoms with Crippen LogP contribution >= 0.6 is 11.3 Å². The lowest BCUT2D eigenvalue weighted by Crippen LogP contribution is -2.52. The fourth-order valence-corrected chi connectivity index (χ4v) is 6.79. The molecule has 2 aromatic rings. The Morgan fingerprint density at radius 1 is 1.14 bits per heavy atom. The molecule has 42 heavy (non-hydrogen) atoms. The number of nitrogens with zero attached hydrogens (tertiary/aromatic N) is 4. The molecule has 4 heterocycles. The smallest absolute Gasteiger partial charge is 0.251 e. The Hall–Kier alpha value is -2.90. The van der Waals surface area contributed by atoms with Crippen LogP contribution in [-0.4, -0.2) is 123 Å². The van der Waals surface area contributed by atoms with Crippen molar-refractivity contribution in [3.63, 3.8) is 0 Å². The Bertz CT molecular complexity index is 1250. The zero-order chi connectivity index (χ0) is 29.8. The van der Waals surface area contributed by atoms with Crippen molar-refractivity contribution in [2.45, 2.75) is 44.6 Å². The van der Waals surface area contributed by atoms with Crippen LogP contribution in [0.1, 0.15) is 30.6 Å². The second-order valence-electron chi connectivity index (χ2n) is 11.5. The Morgan fingerprint density at radius 2 is 1.88 bits per heavy atom. The molecule has 3 saturated heterocycles. The van der Waals surface area contributed by atoms with Gasteiger partial charge in [0, 0.05) is 63.5 Å². The van der Waals surface area contributed by atoms with Gasteiger partial charge in [-0.15, -0.1) is 11.3 Å². The van der Waals surface area contributed by atoms with E-state index in [1.165, 1.54) is 4.90 Å². The summed E-state index contributed by atoms with van der Waals surface area (Å²) >= 11 is 1.63. The van der Waals surface area contributed by atoms with Crippen molar-refractivity contribution in [3.05, 3.63) is 35.2 Å². The van der Waals surface area contributed by atoms with Gasteiger partial charge in [-0.1, -0.05) is 26.0 Å². The zero-order valence-corrected chi connectivity index (χ0v) is 25.6. The molecule has 228 valence electrons. The number of methoxy groups -OCH3 is 2. The number of anilines is 1. The van der Waals surface area contributed by atoms with Crippen molar-refractivity contribution in [2.75, 3.05) is 71.6 Å². The lowest BCUT2D eigenvalue weighted by molar-refractivity contribution is -0.138. The second kappa shape index (κ2) is 13.6. The van der Waals surface area contributed by atoms with E-state index in [0.717, 1.165) is 55.7 Å². The Kier molecular flexibility index (Phi) is 9.89. The first kappa shape index (κ1) is 30.6. The highest BCUT2D eigenvalue weighted by atomic mass is 32.1. The zero-order valence-electron chi connectivity index (χ0n) is 24.8. The van der Waals surface area contributed by atoms with Gasteiger partial charge in [0.25, 0.3) is 5.91 Å². The van der Waals surface area contributed by atoms with E-state index in [4.69, 9.17) is 19.2 Å². The van der Waals surface area contributed by atoms with E-state index >= 15 is 0 Å². The highest BCUT2D eigenvalue weighted by molar-refractivity contribution is 7.14. The first-order valence-electron chi connectivity index (χ1n) is 14.6. The lowest BCUT2D eigenvalue weighted by Gasteiger charge is -2.34. The average molecular weight is 600 g/mol. The van der Waals surface area contributed by atoms with E-state index in [0.29, 0.717) is 12.0 Å². The first-order valence-corrected chi connectivity index (χ1v) is 15.5. The third kappa shape index (κ3) is 6.68. The maximum atomic E-state index is 13.7. The molecule has 11 nitrogen and oxygen atoms in total. The molecule has 0 spiro atoms. The number of thiazole rings is 1. The molecule has 3 fully saturated rings. The van der Waals surface area contributed by atoms with Crippen molar-refractivity contribution >= 4 is 34.1 Å². The Balaban J connectivity index is 1.22. The molecule has 1 aromatic carbocycles. The number of aromatic nitrogens is 1. The first-order chi connectivity index (χ1) is 20.3. The predicted octanol–water partition coefficient (Wildman–Crippen LogP) is 1.92. The number of ketones is 1. The largest absolute Gasteiger partial charge is 0.383 e. The number of Topliss-reactive ketones (excluding diaryl/α,β-unsaturated/α-hetero) is 1. The molecule has 4 atom stereocenters. The molecule has 1 unspecified atom stereocenters. The van der Waals surface area contributed by atoms with Crippen LogP contribution in [0.2, 0.25) is 0 Å². The maximum absolute atomic E-state index is 13.7. The minimum absolute atomic E-state index is 0.0292. The molecule has 5 rings (SSSR count). The fourth-order valence-electron chi connectivity index (χ4n) is 5.90. The monoisotopic (exact) mass is 599 g/mol. The number of fused-ring (bicyclic) bond motifs is 1. The second-order valence-corrected chi connectivity index (χ2v) is 12.4. The number of hydrogen-bond donors (Lipinski definition) is 1. The minimum atomic E-state index is -0.766. The summed E-state index contributed by atoms with van der Waals surface area (Å²) in [4.78, 5) is 50.6. The minimum Gasteiger partial charge on any atom is -0.383 e. The van der Waals surface area contributed by atoms with Crippen LogP contribution in [0.15, 0.2) is 29.6 Å². The Morgan fingerprint density at radius 3 is 2.55 bits per heavy atom. The summed E-state index contributed by atoms with van der Waals surface area (Å²) in [5, 5.41) is 5.98. The van der Waals surface area contributed by atoms with Gasteiger partial charge in [-0.3, -0.25) is 19.3 Å². The van der Waals surface area contributed by atoms with Crippen molar-refractivity contribution in [3.8, 4) is 11.3 Å². The van der Waals surface area contributed by atoms with E-state index in [2.05, 4.69) is 15.1 Å². The van der Waals surface area contributed by atoms with E-state index < -0.39 is 18.2 Å². The third-order valence-electron chi connectivity index (χ3n) is 8.22. The van der Waals surface area contributed by atoms with Gasteiger partial charge in [-0.2, -0.15) is 0 Å². The van der Waals surface area contributed by atoms with Crippen LogP contribution in [-0.2, 0) is 23.8 Å². The molecule has 3 aliphatic rings. The van der Waals surface area contributed by atoms with Crippen LogP contribution in [0.4, 0.5) is 5.13 Å². The highest BCUT2D eigenvalue weighted by Gasteiger charge is 2.53. The molecular weight excluding hydrogens is 558 g/mol. The summed E-state index contributed by atoms with van der Waals surface area (Å²) in [7, 11) is 3.28. The van der Waals surface area contributed by atoms with Gasteiger partial charge in [0.1, 0.15) is 30.9 Å². The van der Waals surface area contributed by atoms with Crippen molar-refractivity contribution < 1.29 is 28.6 Å². The number of amides is 2. The molecule has 1 N–H and O–H groups in total. The molecule has 0 saturated carbocycles. The number of nitrogens with one attached hydrogen (secondary N) is 1. The van der Waals surface area contributed by atoms with Gasteiger partial charge < -0.3 is 29.3 Å². The standard InChI is InChI=1S/C30H41N5O6S/c1-19(2)15-22(29(38)35-16-25(40-4)27-26(35)24(36)17-41-27)31-28(37)21-7-5-20(6-8-21)23-18-42-30(32-23)34-11-9-33(10-12-34)13-14-39-3/h5-8,18-19,22,25-27H,9-17H2,1-4H3,(H,31,37)/t22?,25-,26+,27+/m0/s1. The highest BCUT2D eigenvalue weighted by Crippen LogP contribution is 2.31. The van der Waals surface area contributed by atoms with E-state index in [-0.39, 0.29) is 42.8 Å². The number of ether oxygens (including phenoxy) is 3. The van der Waals surface area contributed by atoms with Crippen LogP contribution < -0.4 is 10.2 Å². The van der Waals surface area contributed by atoms with Crippen LogP contribution in [0.25, 0.3) is 11.3 Å². The molecule has 0 aliphatic carbocycles. The van der Waals surface area contributed by atoms with Crippen molar-refractivity contribution in [1.82, 2.24) is 20.1 Å². The summed E-state index contributed by atoms with van der Waals surface area (Å²) in [5.41, 5.74) is 2.25. The normalized spacial score (nSPS) is 23.5. The van der Waals surface area contributed by atoms with Gasteiger partial charge in [0.05, 0.1) is 18.8 Å². The number of carbonyl (C=O) groups excluding carboxylic acids is 3. The van der Waals surface area contributed by atoms with Crippen LogP contribution in [0.5, 0.6) is 0 Å². The van der Waals surface area contributed by atoms with Gasteiger partial charge in [-0.05, 0) is 24.5 Å².